The van der Waals surface area contributed by atoms with Gasteiger partial charge >= 0.3 is 6.61 Å². The lowest BCUT2D eigenvalue weighted by Gasteiger charge is -2.38. The van der Waals surface area contributed by atoms with Crippen LogP contribution in [0.1, 0.15) is 13.3 Å². The monoisotopic (exact) mass is 205 g/mol. The maximum absolute atomic E-state index is 11.7. The molecule has 2 atom stereocenters. The van der Waals surface area contributed by atoms with Crippen molar-refractivity contribution in [1.82, 2.24) is 4.90 Å². The molecule has 80 valence electrons. The van der Waals surface area contributed by atoms with Crippen LogP contribution in [0.3, 0.4) is 0 Å². The number of rotatable bonds is 3. The minimum Gasteiger partial charge on any atom is -0.337 e. The number of hydrogen-bond acceptors (Lipinski definition) is 2. The molecule has 3 nitrogen and oxygen atoms in total. The Morgan fingerprint density at radius 1 is 1.50 bits per heavy atom. The first-order valence-corrected chi connectivity index (χ1v) is 4.80. The lowest BCUT2D eigenvalue weighted by atomic mass is 10.1. The fourth-order valence-corrected chi connectivity index (χ4v) is 1.75. The first kappa shape index (κ1) is 9.83. The summed E-state index contributed by atoms with van der Waals surface area (Å²) in [5, 5.41) is 0. The normalized spacial score (nSPS) is 31.9. The van der Waals surface area contributed by atoms with Crippen molar-refractivity contribution in [3.63, 3.8) is 0 Å². The van der Waals surface area contributed by atoms with Gasteiger partial charge in [0.15, 0.2) is 0 Å². The topological polar surface area (TPSA) is 29.5 Å². The van der Waals surface area contributed by atoms with Crippen molar-refractivity contribution < 1.29 is 18.3 Å². The number of ether oxygens (including phenoxy) is 1. The minimum atomic E-state index is -2.72. The third-order valence-electron chi connectivity index (χ3n) is 2.88. The zero-order chi connectivity index (χ0) is 10.3. The number of alkyl halides is 2. The van der Waals surface area contributed by atoms with Gasteiger partial charge < -0.3 is 9.64 Å². The summed E-state index contributed by atoms with van der Waals surface area (Å²) in [6, 6.07) is 0. The Hall–Kier alpha value is -0.710. The Morgan fingerprint density at radius 3 is 2.50 bits per heavy atom. The van der Waals surface area contributed by atoms with E-state index in [0.29, 0.717) is 19.0 Å². The molecule has 0 unspecified atom stereocenters. The van der Waals surface area contributed by atoms with E-state index in [9.17, 15) is 13.6 Å². The van der Waals surface area contributed by atoms with Gasteiger partial charge in [0.1, 0.15) is 0 Å². The fraction of sp³-hybridized carbons (Fsp3) is 0.889. The number of halogens is 2. The van der Waals surface area contributed by atoms with Gasteiger partial charge in [-0.25, -0.2) is 0 Å². The largest absolute Gasteiger partial charge is 0.345 e. The number of hydrogen-bond donors (Lipinski definition) is 0. The minimum absolute atomic E-state index is 0.103. The average Bonchev–Trinajstić information content (AvgIpc) is 2.72. The van der Waals surface area contributed by atoms with Gasteiger partial charge in [-0.15, -0.1) is 0 Å². The summed E-state index contributed by atoms with van der Waals surface area (Å²) in [5.74, 6) is 0.715. The summed E-state index contributed by atoms with van der Waals surface area (Å²) < 4.78 is 27.7. The van der Waals surface area contributed by atoms with Gasteiger partial charge in [0.05, 0.1) is 6.10 Å². The molecule has 2 fully saturated rings. The Labute approximate surface area is 81.0 Å². The van der Waals surface area contributed by atoms with E-state index in [1.165, 1.54) is 0 Å². The van der Waals surface area contributed by atoms with Crippen LogP contribution >= 0.6 is 0 Å². The Bertz CT molecular complexity index is 241. The lowest BCUT2D eigenvalue weighted by Crippen LogP contribution is -2.55. The molecule has 0 spiro atoms. The van der Waals surface area contributed by atoms with E-state index in [0.717, 1.165) is 6.42 Å². The molecule has 1 heterocycles. The van der Waals surface area contributed by atoms with Crippen molar-refractivity contribution in [2.75, 3.05) is 13.1 Å². The molecule has 2 rings (SSSR count). The van der Waals surface area contributed by atoms with Gasteiger partial charge in [-0.1, -0.05) is 6.92 Å². The van der Waals surface area contributed by atoms with Gasteiger partial charge in [0, 0.05) is 19.0 Å². The van der Waals surface area contributed by atoms with Crippen molar-refractivity contribution in [1.29, 1.82) is 0 Å². The molecule has 5 heteroatoms. The van der Waals surface area contributed by atoms with Gasteiger partial charge in [0.2, 0.25) is 5.91 Å². The van der Waals surface area contributed by atoms with E-state index < -0.39 is 12.7 Å². The standard InChI is InChI=1S/C9H13F2NO2/c1-5-2-7(5)8(13)12-3-6(4-12)14-9(10)11/h5-7,9H,2-4H2,1H3/t5-,7-/m0/s1. The summed E-state index contributed by atoms with van der Waals surface area (Å²) in [4.78, 5) is 13.1. The molecule has 1 saturated heterocycles. The van der Waals surface area contributed by atoms with Crippen molar-refractivity contribution in [2.24, 2.45) is 11.8 Å². The maximum atomic E-state index is 11.7. The van der Waals surface area contributed by atoms with Crippen LogP contribution in [0.15, 0.2) is 0 Å². The number of likely N-dealkylation sites (tertiary alicyclic amines) is 1. The maximum Gasteiger partial charge on any atom is 0.345 e. The summed E-state index contributed by atoms with van der Waals surface area (Å²) in [6.45, 7) is -0.0500. The Morgan fingerprint density at radius 2 is 2.07 bits per heavy atom. The van der Waals surface area contributed by atoms with E-state index in [2.05, 4.69) is 4.74 Å². The van der Waals surface area contributed by atoms with Crippen LogP contribution in [0, 0.1) is 11.8 Å². The molecule has 1 aliphatic carbocycles. The molecule has 0 aromatic carbocycles. The van der Waals surface area contributed by atoms with Crippen LogP contribution in [0.2, 0.25) is 0 Å². The summed E-state index contributed by atoms with van der Waals surface area (Å²) in [7, 11) is 0. The zero-order valence-electron chi connectivity index (χ0n) is 7.95. The fourth-order valence-electron chi connectivity index (χ4n) is 1.75. The summed E-state index contributed by atoms with van der Waals surface area (Å²) in [6.07, 6.45) is 0.475. The first-order valence-electron chi connectivity index (χ1n) is 4.80. The highest BCUT2D eigenvalue weighted by molar-refractivity contribution is 5.82. The van der Waals surface area contributed by atoms with Crippen LogP contribution in [0.4, 0.5) is 8.78 Å². The molecule has 1 saturated carbocycles. The molecule has 0 aromatic heterocycles. The molecule has 2 aliphatic rings. The molecule has 1 amide bonds. The molecule has 0 bridgehead atoms. The Balaban J connectivity index is 1.70. The van der Waals surface area contributed by atoms with Crippen molar-refractivity contribution in [2.45, 2.75) is 26.1 Å². The summed E-state index contributed by atoms with van der Waals surface area (Å²) >= 11 is 0. The quantitative estimate of drug-likeness (QED) is 0.690. The predicted octanol–water partition coefficient (Wildman–Crippen LogP) is 1.09. The van der Waals surface area contributed by atoms with E-state index >= 15 is 0 Å². The lowest BCUT2D eigenvalue weighted by molar-refractivity contribution is -0.199. The molecular formula is C9H13F2NO2. The van der Waals surface area contributed by atoms with E-state index in [-0.39, 0.29) is 11.8 Å². The van der Waals surface area contributed by atoms with Crippen molar-refractivity contribution >= 4 is 5.91 Å². The number of carbonyl (C=O) groups excluding carboxylic acids is 1. The summed E-state index contributed by atoms with van der Waals surface area (Å²) in [5.41, 5.74) is 0. The molecule has 14 heavy (non-hydrogen) atoms. The highest BCUT2D eigenvalue weighted by Gasteiger charge is 2.45. The van der Waals surface area contributed by atoms with E-state index in [1.54, 1.807) is 4.90 Å². The van der Waals surface area contributed by atoms with Gasteiger partial charge in [-0.2, -0.15) is 8.78 Å². The smallest absolute Gasteiger partial charge is 0.337 e. The van der Waals surface area contributed by atoms with Crippen LogP contribution in [-0.2, 0) is 9.53 Å². The predicted molar refractivity (Wildman–Crippen MR) is 44.7 cm³/mol. The highest BCUT2D eigenvalue weighted by atomic mass is 19.3. The third-order valence-corrected chi connectivity index (χ3v) is 2.88. The number of nitrogens with zero attached hydrogens (tertiary/aromatic N) is 1. The molecule has 1 aliphatic heterocycles. The van der Waals surface area contributed by atoms with Crippen LogP contribution in [-0.4, -0.2) is 36.6 Å². The van der Waals surface area contributed by atoms with E-state index in [4.69, 9.17) is 0 Å². The van der Waals surface area contributed by atoms with Crippen molar-refractivity contribution in [3.8, 4) is 0 Å². The van der Waals surface area contributed by atoms with Gasteiger partial charge in [0.25, 0.3) is 0 Å². The molecule has 0 N–H and O–H groups in total. The first-order chi connectivity index (χ1) is 6.58. The molecule has 0 radical (unpaired) electrons. The second-order valence-corrected chi connectivity index (χ2v) is 4.08. The zero-order valence-corrected chi connectivity index (χ0v) is 7.95. The van der Waals surface area contributed by atoms with Crippen LogP contribution in [0.5, 0.6) is 0 Å². The number of amides is 1. The van der Waals surface area contributed by atoms with Crippen molar-refractivity contribution in [3.05, 3.63) is 0 Å². The van der Waals surface area contributed by atoms with Gasteiger partial charge in [-0.3, -0.25) is 4.79 Å². The average molecular weight is 205 g/mol. The number of carbonyl (C=O) groups is 1. The SMILES string of the molecule is C[C@H]1C[C@@H]1C(=O)N1CC(OC(F)F)C1. The second-order valence-electron chi connectivity index (χ2n) is 4.08. The molecular weight excluding hydrogens is 192 g/mol. The van der Waals surface area contributed by atoms with E-state index in [1.807, 2.05) is 6.92 Å². The highest BCUT2D eigenvalue weighted by Crippen LogP contribution is 2.40. The van der Waals surface area contributed by atoms with Crippen LogP contribution < -0.4 is 0 Å². The van der Waals surface area contributed by atoms with Crippen LogP contribution in [0.25, 0.3) is 0 Å². The second kappa shape index (κ2) is 3.46. The third kappa shape index (κ3) is 1.87. The Kier molecular flexibility index (Phi) is 2.43. The van der Waals surface area contributed by atoms with Gasteiger partial charge in [-0.05, 0) is 12.3 Å². The molecule has 0 aromatic rings.